The predicted molar refractivity (Wildman–Crippen MR) is 92.0 cm³/mol. The third-order valence-corrected chi connectivity index (χ3v) is 3.45. The number of benzene rings is 1. The molecule has 0 saturated heterocycles. The molecule has 0 saturated carbocycles. The van der Waals surface area contributed by atoms with Crippen LogP contribution < -0.4 is 11.1 Å². The van der Waals surface area contributed by atoms with Crippen molar-refractivity contribution in [1.29, 1.82) is 0 Å². The third kappa shape index (κ3) is 6.96. The van der Waals surface area contributed by atoms with Crippen LogP contribution in [0.2, 0.25) is 0 Å². The summed E-state index contributed by atoms with van der Waals surface area (Å²) in [6.07, 6.45) is 1.26. The minimum Gasteiger partial charge on any atom is -0.350 e. The molecule has 1 aromatic rings. The molecule has 0 spiro atoms. The molecule has 1 aromatic carbocycles. The molecule has 1 rings (SSSR count). The first-order chi connectivity index (χ1) is 9.14. The number of carbonyl (C=O) groups is 1. The summed E-state index contributed by atoms with van der Waals surface area (Å²) in [4.78, 5) is 11.9. The van der Waals surface area contributed by atoms with E-state index in [0.717, 1.165) is 6.42 Å². The third-order valence-electron chi connectivity index (χ3n) is 3.45. The van der Waals surface area contributed by atoms with Crippen molar-refractivity contribution in [3.8, 4) is 0 Å². The van der Waals surface area contributed by atoms with E-state index in [-0.39, 0.29) is 29.3 Å². The lowest BCUT2D eigenvalue weighted by molar-refractivity contribution is -0.122. The predicted octanol–water partition coefficient (Wildman–Crippen LogP) is 3.19. The number of hydrogen-bond donors (Lipinski definition) is 2. The van der Waals surface area contributed by atoms with E-state index in [1.165, 1.54) is 11.1 Å². The van der Waals surface area contributed by atoms with Crippen LogP contribution in [0.1, 0.15) is 52.2 Å². The van der Waals surface area contributed by atoms with Crippen LogP contribution in [-0.4, -0.2) is 18.0 Å². The monoisotopic (exact) mass is 312 g/mol. The van der Waals surface area contributed by atoms with Gasteiger partial charge < -0.3 is 11.1 Å². The fourth-order valence-corrected chi connectivity index (χ4v) is 1.92. The van der Waals surface area contributed by atoms with E-state index in [1.807, 2.05) is 13.8 Å². The van der Waals surface area contributed by atoms with Crippen LogP contribution in [0.25, 0.3) is 0 Å². The Morgan fingerprint density at radius 2 is 1.62 bits per heavy atom. The largest absolute Gasteiger partial charge is 0.350 e. The van der Waals surface area contributed by atoms with Crippen LogP contribution in [0.5, 0.6) is 0 Å². The number of nitrogens with one attached hydrogen (secondary N) is 1. The van der Waals surface area contributed by atoms with Crippen molar-refractivity contribution in [3.05, 3.63) is 35.4 Å². The van der Waals surface area contributed by atoms with Gasteiger partial charge in [-0.05, 0) is 36.8 Å². The lowest BCUT2D eigenvalue weighted by Gasteiger charge is -2.24. The van der Waals surface area contributed by atoms with E-state index < -0.39 is 0 Å². The zero-order valence-electron chi connectivity index (χ0n) is 13.8. The fourth-order valence-electron chi connectivity index (χ4n) is 1.92. The minimum absolute atomic E-state index is 0. The maximum absolute atomic E-state index is 11.9. The van der Waals surface area contributed by atoms with Gasteiger partial charge in [-0.15, -0.1) is 12.4 Å². The zero-order valence-corrected chi connectivity index (χ0v) is 14.6. The summed E-state index contributed by atoms with van der Waals surface area (Å²) in [5.74, 6) is 0.0559. The Morgan fingerprint density at radius 1 is 1.10 bits per heavy atom. The van der Waals surface area contributed by atoms with Gasteiger partial charge in [-0.25, -0.2) is 0 Å². The Bertz CT molecular complexity index is 447. The van der Waals surface area contributed by atoms with Crippen molar-refractivity contribution in [3.63, 3.8) is 0 Å². The van der Waals surface area contributed by atoms with Gasteiger partial charge >= 0.3 is 0 Å². The highest BCUT2D eigenvalue weighted by molar-refractivity contribution is 5.85. The Balaban J connectivity index is 0.00000400. The molecule has 3 nitrogen and oxygen atoms in total. The van der Waals surface area contributed by atoms with Gasteiger partial charge in [0.1, 0.15) is 0 Å². The molecule has 0 unspecified atom stereocenters. The summed E-state index contributed by atoms with van der Waals surface area (Å²) in [5, 5.41) is 2.95. The first-order valence-corrected chi connectivity index (χ1v) is 7.24. The fraction of sp³-hybridized carbons (Fsp3) is 0.588. The Morgan fingerprint density at radius 3 is 2.05 bits per heavy atom. The van der Waals surface area contributed by atoms with Gasteiger partial charge in [-0.2, -0.15) is 0 Å². The van der Waals surface area contributed by atoms with Gasteiger partial charge in [0.25, 0.3) is 0 Å². The number of hydrogen-bond acceptors (Lipinski definition) is 2. The lowest BCUT2D eigenvalue weighted by Crippen LogP contribution is -2.48. The van der Waals surface area contributed by atoms with Gasteiger partial charge in [0, 0.05) is 18.5 Å². The smallest absolute Gasteiger partial charge is 0.220 e. The van der Waals surface area contributed by atoms with E-state index >= 15 is 0 Å². The summed E-state index contributed by atoms with van der Waals surface area (Å²) in [5.41, 5.74) is 7.95. The topological polar surface area (TPSA) is 55.1 Å². The summed E-state index contributed by atoms with van der Waals surface area (Å²) in [6.45, 7) is 10.9. The minimum atomic E-state index is -0.326. The van der Waals surface area contributed by atoms with Crippen LogP contribution in [0.3, 0.4) is 0 Å². The molecule has 120 valence electrons. The summed E-state index contributed by atoms with van der Waals surface area (Å²) in [6, 6.07) is 8.53. The van der Waals surface area contributed by atoms with Crippen LogP contribution >= 0.6 is 12.4 Å². The first kappa shape index (κ1) is 19.9. The van der Waals surface area contributed by atoms with E-state index in [1.54, 1.807) is 0 Å². The van der Waals surface area contributed by atoms with E-state index in [9.17, 15) is 4.79 Å². The zero-order chi connectivity index (χ0) is 15.4. The van der Waals surface area contributed by atoms with Gasteiger partial charge in [0.2, 0.25) is 5.91 Å². The molecule has 0 fully saturated rings. The number of rotatable bonds is 5. The Hall–Kier alpha value is -1.06. The quantitative estimate of drug-likeness (QED) is 0.877. The number of amides is 1. The van der Waals surface area contributed by atoms with Crippen LogP contribution in [0.4, 0.5) is 0 Å². The molecule has 0 aliphatic carbocycles. The molecule has 0 aliphatic rings. The normalized spacial score (nSPS) is 11.7. The molecule has 0 bridgehead atoms. The maximum atomic E-state index is 11.9. The Labute approximate surface area is 135 Å². The molecule has 0 aromatic heterocycles. The highest BCUT2D eigenvalue weighted by Gasteiger charge is 2.18. The van der Waals surface area contributed by atoms with Crippen molar-refractivity contribution in [2.24, 2.45) is 5.73 Å². The van der Waals surface area contributed by atoms with Crippen molar-refractivity contribution in [2.45, 2.75) is 58.4 Å². The van der Waals surface area contributed by atoms with Gasteiger partial charge in [0.05, 0.1) is 0 Å². The van der Waals surface area contributed by atoms with Gasteiger partial charge in [-0.3, -0.25) is 4.79 Å². The first-order valence-electron chi connectivity index (χ1n) is 7.24. The van der Waals surface area contributed by atoms with Gasteiger partial charge in [0.15, 0.2) is 0 Å². The summed E-state index contributed by atoms with van der Waals surface area (Å²) >= 11 is 0. The molecule has 0 radical (unpaired) electrons. The van der Waals surface area contributed by atoms with Crippen LogP contribution in [0.15, 0.2) is 24.3 Å². The second-order valence-corrected chi connectivity index (χ2v) is 7.08. The van der Waals surface area contributed by atoms with E-state index in [2.05, 4.69) is 50.4 Å². The van der Waals surface area contributed by atoms with E-state index in [4.69, 9.17) is 5.73 Å². The lowest BCUT2D eigenvalue weighted by atomic mass is 9.86. The van der Waals surface area contributed by atoms with Crippen LogP contribution in [-0.2, 0) is 16.6 Å². The Kier molecular flexibility index (Phi) is 7.41. The van der Waals surface area contributed by atoms with E-state index in [0.29, 0.717) is 13.0 Å². The molecule has 0 atom stereocenters. The standard InChI is InChI=1S/C17H28N2O.ClH/c1-16(2,3)14-9-6-13(7-10-14)8-11-15(20)19-17(4,5)12-18;/h6-7,9-10H,8,11-12,18H2,1-5H3,(H,19,20);1H. The second-order valence-electron chi connectivity index (χ2n) is 7.08. The van der Waals surface area contributed by atoms with Crippen molar-refractivity contribution in [1.82, 2.24) is 5.32 Å². The van der Waals surface area contributed by atoms with Crippen molar-refractivity contribution >= 4 is 18.3 Å². The SMILES string of the molecule is CC(C)(CN)NC(=O)CCc1ccc(C(C)(C)C)cc1.Cl. The molecule has 0 heterocycles. The highest BCUT2D eigenvalue weighted by atomic mass is 35.5. The number of carbonyl (C=O) groups excluding carboxylic acids is 1. The number of nitrogens with two attached hydrogens (primary N) is 1. The van der Waals surface area contributed by atoms with Crippen molar-refractivity contribution in [2.75, 3.05) is 6.54 Å². The van der Waals surface area contributed by atoms with Crippen LogP contribution in [0, 0.1) is 0 Å². The van der Waals surface area contributed by atoms with Crippen molar-refractivity contribution < 1.29 is 4.79 Å². The molecule has 3 N–H and O–H groups in total. The average Bonchev–Trinajstić information content (AvgIpc) is 2.35. The summed E-state index contributed by atoms with van der Waals surface area (Å²) < 4.78 is 0. The molecule has 1 amide bonds. The number of aryl methyl sites for hydroxylation is 1. The highest BCUT2D eigenvalue weighted by Crippen LogP contribution is 2.22. The van der Waals surface area contributed by atoms with Gasteiger partial charge in [-0.1, -0.05) is 45.0 Å². The average molecular weight is 313 g/mol. The molecule has 21 heavy (non-hydrogen) atoms. The second kappa shape index (κ2) is 7.81. The molecule has 0 aliphatic heterocycles. The summed E-state index contributed by atoms with van der Waals surface area (Å²) in [7, 11) is 0. The number of halogens is 1. The maximum Gasteiger partial charge on any atom is 0.220 e. The molecular weight excluding hydrogens is 284 g/mol. The molecular formula is C17H29ClN2O. The molecule has 4 heteroatoms.